The van der Waals surface area contributed by atoms with E-state index in [-0.39, 0.29) is 11.8 Å². The average Bonchev–Trinajstić information content (AvgIpc) is 3.22. The number of fused-ring (bicyclic) bond motifs is 2. The number of rotatable bonds is 2. The highest BCUT2D eigenvalue weighted by Crippen LogP contribution is 2.42. The normalized spacial score (nSPS) is 16.4. The zero-order chi connectivity index (χ0) is 18.5. The minimum Gasteiger partial charge on any atom is -0.310 e. The van der Waals surface area contributed by atoms with Crippen molar-refractivity contribution >= 4 is 49.2 Å². The largest absolute Gasteiger partial charge is 0.310 e. The lowest BCUT2D eigenvalue weighted by atomic mass is 9.86. The smallest absolute Gasteiger partial charge is 0.226 e. The number of carbonyl (C=O) groups excluding carboxylic acids is 1. The van der Waals surface area contributed by atoms with Crippen LogP contribution >= 0.6 is 27.3 Å². The fourth-order valence-corrected chi connectivity index (χ4v) is 5.14. The van der Waals surface area contributed by atoms with Gasteiger partial charge in [0.25, 0.3) is 0 Å². The van der Waals surface area contributed by atoms with Crippen LogP contribution in [0.4, 0.5) is 5.82 Å². The Morgan fingerprint density at radius 2 is 1.96 bits per heavy atom. The molecule has 0 saturated carbocycles. The number of halogens is 1. The van der Waals surface area contributed by atoms with Gasteiger partial charge in [-0.05, 0) is 30.7 Å². The molecule has 4 aromatic rings. The molecule has 27 heavy (non-hydrogen) atoms. The predicted molar refractivity (Wildman–Crippen MR) is 111 cm³/mol. The highest BCUT2D eigenvalue weighted by Gasteiger charge is 2.34. The number of amides is 1. The topological polar surface area (TPSA) is 59.8 Å². The molecule has 1 amide bonds. The van der Waals surface area contributed by atoms with Gasteiger partial charge in [-0.3, -0.25) is 4.79 Å². The molecular formula is C20H15BrN4OS. The maximum atomic E-state index is 12.5. The molecule has 1 N–H and O–H groups in total. The summed E-state index contributed by atoms with van der Waals surface area (Å²) in [6.45, 7) is 1.99. The van der Waals surface area contributed by atoms with Crippen LogP contribution in [0.25, 0.3) is 15.3 Å². The summed E-state index contributed by atoms with van der Waals surface area (Å²) in [6.07, 6.45) is 0.405. The molecule has 1 aliphatic rings. The summed E-state index contributed by atoms with van der Waals surface area (Å²) >= 11 is 5.20. The Bertz CT molecular complexity index is 1160. The summed E-state index contributed by atoms with van der Waals surface area (Å²) in [5.74, 6) is 0.682. The van der Waals surface area contributed by atoms with E-state index in [0.717, 1.165) is 42.5 Å². The predicted octanol–water partition coefficient (Wildman–Crippen LogP) is 5.03. The van der Waals surface area contributed by atoms with Crippen LogP contribution in [0, 0.1) is 6.92 Å². The van der Waals surface area contributed by atoms with Gasteiger partial charge >= 0.3 is 0 Å². The van der Waals surface area contributed by atoms with E-state index in [1.807, 2.05) is 49.4 Å². The van der Waals surface area contributed by atoms with Crippen molar-refractivity contribution in [3.8, 4) is 5.13 Å². The number of aryl methyl sites for hydroxylation is 1. The first-order chi connectivity index (χ1) is 13.1. The van der Waals surface area contributed by atoms with Gasteiger partial charge in [-0.25, -0.2) is 4.98 Å². The first-order valence-corrected chi connectivity index (χ1v) is 10.2. The van der Waals surface area contributed by atoms with Crippen LogP contribution in [0.1, 0.15) is 29.2 Å². The summed E-state index contributed by atoms with van der Waals surface area (Å²) in [4.78, 5) is 17.2. The van der Waals surface area contributed by atoms with Crippen LogP contribution in [0.3, 0.4) is 0 Å². The van der Waals surface area contributed by atoms with Crippen LogP contribution in [0.2, 0.25) is 0 Å². The van der Waals surface area contributed by atoms with Gasteiger partial charge in [0.05, 0.1) is 15.9 Å². The number of hydrogen-bond donors (Lipinski definition) is 1. The maximum absolute atomic E-state index is 12.5. The molecule has 134 valence electrons. The van der Waals surface area contributed by atoms with E-state index in [2.05, 4.69) is 27.3 Å². The van der Waals surface area contributed by atoms with Crippen molar-refractivity contribution in [1.29, 1.82) is 0 Å². The molecule has 0 unspecified atom stereocenters. The number of anilines is 1. The molecule has 5 rings (SSSR count). The quantitative estimate of drug-likeness (QED) is 0.477. The second-order valence-electron chi connectivity index (χ2n) is 6.55. The molecule has 0 bridgehead atoms. The Morgan fingerprint density at radius 3 is 2.78 bits per heavy atom. The van der Waals surface area contributed by atoms with Gasteiger partial charge in [0.1, 0.15) is 5.82 Å². The third kappa shape index (κ3) is 2.69. The molecule has 0 spiro atoms. The van der Waals surface area contributed by atoms with Gasteiger partial charge in [-0.15, -0.1) is 0 Å². The standard InChI is InChI=1S/C20H15BrN4OS/c1-11-18-13(12-6-2-3-7-14(12)21)10-17(26)23-19(18)25(24-11)20-22-15-8-4-5-9-16(15)27-20/h2-9,13H,10H2,1H3,(H,23,26)/t13-/m1/s1. The molecule has 2 aromatic carbocycles. The number of hydrogen-bond acceptors (Lipinski definition) is 4. The van der Waals surface area contributed by atoms with Gasteiger partial charge in [0.15, 0.2) is 0 Å². The zero-order valence-corrected chi connectivity index (χ0v) is 16.8. The van der Waals surface area contributed by atoms with Crippen molar-refractivity contribution in [1.82, 2.24) is 14.8 Å². The lowest BCUT2D eigenvalue weighted by Gasteiger charge is -2.24. The molecule has 0 saturated heterocycles. The zero-order valence-electron chi connectivity index (χ0n) is 14.4. The van der Waals surface area contributed by atoms with Crippen molar-refractivity contribution < 1.29 is 4.79 Å². The van der Waals surface area contributed by atoms with E-state index in [9.17, 15) is 4.79 Å². The van der Waals surface area contributed by atoms with Crippen molar-refractivity contribution in [3.05, 3.63) is 69.8 Å². The summed E-state index contributed by atoms with van der Waals surface area (Å²) in [5, 5.41) is 8.51. The Kier molecular flexibility index (Phi) is 3.87. The van der Waals surface area contributed by atoms with E-state index in [1.54, 1.807) is 16.0 Å². The van der Waals surface area contributed by atoms with Crippen LogP contribution in [0.5, 0.6) is 0 Å². The second kappa shape index (κ2) is 6.28. The van der Waals surface area contributed by atoms with E-state index in [1.165, 1.54) is 0 Å². The van der Waals surface area contributed by atoms with E-state index in [4.69, 9.17) is 10.1 Å². The molecule has 1 atom stereocenters. The highest BCUT2D eigenvalue weighted by molar-refractivity contribution is 9.10. The van der Waals surface area contributed by atoms with Crippen molar-refractivity contribution in [3.63, 3.8) is 0 Å². The number of para-hydroxylation sites is 1. The Hall–Kier alpha value is -2.51. The van der Waals surface area contributed by atoms with Crippen molar-refractivity contribution in [2.24, 2.45) is 0 Å². The van der Waals surface area contributed by atoms with E-state index < -0.39 is 0 Å². The number of thiazole rings is 1. The first-order valence-electron chi connectivity index (χ1n) is 8.61. The molecule has 7 heteroatoms. The molecule has 5 nitrogen and oxygen atoms in total. The third-order valence-corrected chi connectivity index (χ3v) is 6.58. The van der Waals surface area contributed by atoms with Gasteiger partial charge in [0.2, 0.25) is 11.0 Å². The third-order valence-electron chi connectivity index (χ3n) is 4.85. The number of benzene rings is 2. The molecule has 0 fully saturated rings. The molecule has 1 aliphatic heterocycles. The number of nitrogens with zero attached hydrogens (tertiary/aromatic N) is 3. The summed E-state index contributed by atoms with van der Waals surface area (Å²) in [5.41, 5.74) is 4.00. The number of nitrogens with one attached hydrogen (secondary N) is 1. The van der Waals surface area contributed by atoms with Crippen LogP contribution in [-0.4, -0.2) is 20.7 Å². The van der Waals surface area contributed by atoms with Gasteiger partial charge in [-0.2, -0.15) is 9.78 Å². The fourth-order valence-electron chi connectivity index (χ4n) is 3.66. The lowest BCUT2D eigenvalue weighted by molar-refractivity contribution is -0.116. The van der Waals surface area contributed by atoms with Crippen LogP contribution in [-0.2, 0) is 4.79 Å². The summed E-state index contributed by atoms with van der Waals surface area (Å²) < 4.78 is 3.87. The molecule has 0 aliphatic carbocycles. The summed E-state index contributed by atoms with van der Waals surface area (Å²) in [7, 11) is 0. The molecule has 2 aromatic heterocycles. The molecule has 3 heterocycles. The van der Waals surface area contributed by atoms with Crippen molar-refractivity contribution in [2.75, 3.05) is 5.32 Å². The van der Waals surface area contributed by atoms with Crippen LogP contribution in [0.15, 0.2) is 53.0 Å². The average molecular weight is 439 g/mol. The molecule has 0 radical (unpaired) electrons. The number of carbonyl (C=O) groups is 1. The Balaban J connectivity index is 1.70. The fraction of sp³-hybridized carbons (Fsp3) is 0.150. The molecular weight excluding hydrogens is 424 g/mol. The van der Waals surface area contributed by atoms with Crippen molar-refractivity contribution in [2.45, 2.75) is 19.3 Å². The summed E-state index contributed by atoms with van der Waals surface area (Å²) in [6, 6.07) is 16.1. The van der Waals surface area contributed by atoms with Gasteiger partial charge in [-0.1, -0.05) is 57.6 Å². The monoisotopic (exact) mass is 438 g/mol. The van der Waals surface area contributed by atoms with E-state index in [0.29, 0.717) is 6.42 Å². The second-order valence-corrected chi connectivity index (χ2v) is 8.41. The van der Waals surface area contributed by atoms with Gasteiger partial charge in [0, 0.05) is 22.4 Å². The van der Waals surface area contributed by atoms with E-state index >= 15 is 0 Å². The Morgan fingerprint density at radius 1 is 1.19 bits per heavy atom. The SMILES string of the molecule is Cc1nn(-c2nc3ccccc3s2)c2c1[C@@H](c1ccccc1Br)CC(=O)N2. The maximum Gasteiger partial charge on any atom is 0.226 e. The minimum absolute atomic E-state index is 0.00878. The highest BCUT2D eigenvalue weighted by atomic mass is 79.9. The Labute approximate surface area is 168 Å². The van der Waals surface area contributed by atoms with Gasteiger partial charge < -0.3 is 5.32 Å². The lowest BCUT2D eigenvalue weighted by Crippen LogP contribution is -2.25. The van der Waals surface area contributed by atoms with Crippen LogP contribution < -0.4 is 5.32 Å². The first kappa shape index (κ1) is 16.6. The number of aromatic nitrogens is 3. The minimum atomic E-state index is -0.0348.